The van der Waals surface area contributed by atoms with Gasteiger partial charge in [0.2, 0.25) is 0 Å². The highest BCUT2D eigenvalue weighted by atomic mass is 35.5. The molecule has 0 fully saturated rings. The molecule has 0 radical (unpaired) electrons. The van der Waals surface area contributed by atoms with Crippen LogP contribution in [0.1, 0.15) is 17.4 Å². The van der Waals surface area contributed by atoms with E-state index < -0.39 is 5.97 Å². The second kappa shape index (κ2) is 4.93. The molecule has 1 aromatic carbocycles. The summed E-state index contributed by atoms with van der Waals surface area (Å²) < 4.78 is 6.66. The predicted octanol–water partition coefficient (Wildman–Crippen LogP) is 3.23. The standard InChI is InChI=1S/C15H14ClN3O2/c1-3-19-12-8-6-4-5-7-9(8)18-14(16)10(12)11(17)13(19)15(20)21-2/h4-7H,3,17H2,1-2H3. The van der Waals surface area contributed by atoms with Crippen LogP contribution in [0, 0.1) is 0 Å². The van der Waals surface area contributed by atoms with Crippen LogP contribution in [0.25, 0.3) is 21.8 Å². The number of carbonyl (C=O) groups is 1. The smallest absolute Gasteiger partial charge is 0.356 e. The van der Waals surface area contributed by atoms with Crippen LogP contribution in [0.5, 0.6) is 0 Å². The van der Waals surface area contributed by atoms with Crippen LogP contribution in [-0.4, -0.2) is 22.6 Å². The molecule has 0 aliphatic heterocycles. The Morgan fingerprint density at radius 3 is 2.81 bits per heavy atom. The van der Waals surface area contributed by atoms with Crippen molar-refractivity contribution in [3.05, 3.63) is 35.1 Å². The van der Waals surface area contributed by atoms with Gasteiger partial charge in [0.25, 0.3) is 0 Å². The number of para-hydroxylation sites is 1. The second-order valence-electron chi connectivity index (χ2n) is 4.64. The number of halogens is 1. The summed E-state index contributed by atoms with van der Waals surface area (Å²) in [6.45, 7) is 2.51. The molecule has 0 spiro atoms. The monoisotopic (exact) mass is 303 g/mol. The summed E-state index contributed by atoms with van der Waals surface area (Å²) in [6, 6.07) is 7.62. The Bertz CT molecular complexity index is 870. The summed E-state index contributed by atoms with van der Waals surface area (Å²) >= 11 is 6.27. The summed E-state index contributed by atoms with van der Waals surface area (Å²) in [5.41, 5.74) is 8.33. The maximum absolute atomic E-state index is 12.0. The zero-order valence-corrected chi connectivity index (χ0v) is 12.4. The first-order valence-electron chi connectivity index (χ1n) is 6.54. The molecule has 5 nitrogen and oxygen atoms in total. The first-order chi connectivity index (χ1) is 10.1. The molecule has 3 aromatic rings. The number of carbonyl (C=O) groups excluding carboxylic acids is 1. The number of nitrogens with zero attached hydrogens (tertiary/aromatic N) is 2. The van der Waals surface area contributed by atoms with Gasteiger partial charge in [-0.15, -0.1) is 0 Å². The molecule has 0 saturated carbocycles. The number of rotatable bonds is 2. The number of nitrogens with two attached hydrogens (primary N) is 1. The van der Waals surface area contributed by atoms with E-state index in [9.17, 15) is 4.79 Å². The largest absolute Gasteiger partial charge is 0.464 e. The number of methoxy groups -OCH3 is 1. The average Bonchev–Trinajstić information content (AvgIpc) is 2.80. The summed E-state index contributed by atoms with van der Waals surface area (Å²) in [5.74, 6) is -0.481. The van der Waals surface area contributed by atoms with E-state index in [0.29, 0.717) is 28.5 Å². The third-order valence-corrected chi connectivity index (χ3v) is 3.85. The Labute approximate surface area is 126 Å². The molecule has 3 rings (SSSR count). The molecule has 0 aliphatic carbocycles. The molecule has 21 heavy (non-hydrogen) atoms. The number of aromatic nitrogens is 2. The SMILES string of the molecule is CCn1c(C(=O)OC)c(N)c2c(Cl)nc3ccccc3c21. The molecular formula is C15H14ClN3O2. The van der Waals surface area contributed by atoms with Crippen molar-refractivity contribution in [3.8, 4) is 0 Å². The quantitative estimate of drug-likeness (QED) is 0.583. The third-order valence-electron chi connectivity index (χ3n) is 3.58. The summed E-state index contributed by atoms with van der Waals surface area (Å²) in [5, 5.41) is 1.79. The van der Waals surface area contributed by atoms with Gasteiger partial charge in [-0.1, -0.05) is 29.8 Å². The van der Waals surface area contributed by atoms with Crippen LogP contribution >= 0.6 is 11.6 Å². The van der Waals surface area contributed by atoms with Crippen LogP contribution in [0.15, 0.2) is 24.3 Å². The molecular weight excluding hydrogens is 290 g/mol. The van der Waals surface area contributed by atoms with Gasteiger partial charge in [-0.25, -0.2) is 9.78 Å². The van der Waals surface area contributed by atoms with Crippen molar-refractivity contribution in [1.29, 1.82) is 0 Å². The van der Waals surface area contributed by atoms with E-state index in [0.717, 1.165) is 16.4 Å². The highest BCUT2D eigenvalue weighted by Gasteiger charge is 2.24. The third kappa shape index (κ3) is 1.85. The Balaban J connectivity index is 2.58. The molecule has 108 valence electrons. The van der Waals surface area contributed by atoms with Crippen molar-refractivity contribution < 1.29 is 9.53 Å². The maximum atomic E-state index is 12.0. The molecule has 2 N–H and O–H groups in total. The normalized spacial score (nSPS) is 11.2. The molecule has 0 aliphatic rings. The van der Waals surface area contributed by atoms with E-state index in [-0.39, 0.29) is 0 Å². The summed E-state index contributed by atoms with van der Waals surface area (Å²) in [7, 11) is 1.33. The Hall–Kier alpha value is -2.27. The van der Waals surface area contributed by atoms with Crippen molar-refractivity contribution in [2.45, 2.75) is 13.5 Å². The molecule has 0 amide bonds. The van der Waals surface area contributed by atoms with Gasteiger partial charge >= 0.3 is 5.97 Å². The molecule has 0 saturated heterocycles. The lowest BCUT2D eigenvalue weighted by atomic mass is 10.1. The Morgan fingerprint density at radius 2 is 2.14 bits per heavy atom. The van der Waals surface area contributed by atoms with E-state index in [4.69, 9.17) is 22.1 Å². The molecule has 0 atom stereocenters. The van der Waals surface area contributed by atoms with Crippen LogP contribution < -0.4 is 5.73 Å². The number of hydrogen-bond donors (Lipinski definition) is 1. The van der Waals surface area contributed by atoms with Crippen molar-refractivity contribution in [2.24, 2.45) is 0 Å². The molecule has 0 unspecified atom stereocenters. The summed E-state index contributed by atoms with van der Waals surface area (Å²) in [6.07, 6.45) is 0. The zero-order valence-electron chi connectivity index (χ0n) is 11.7. The fourth-order valence-corrected chi connectivity index (χ4v) is 2.98. The first kappa shape index (κ1) is 13.7. The lowest BCUT2D eigenvalue weighted by molar-refractivity contribution is 0.0590. The van der Waals surface area contributed by atoms with Gasteiger partial charge in [0.1, 0.15) is 5.15 Å². The van der Waals surface area contributed by atoms with Crippen molar-refractivity contribution >= 4 is 45.1 Å². The molecule has 6 heteroatoms. The molecule has 0 bridgehead atoms. The van der Waals surface area contributed by atoms with Crippen molar-refractivity contribution in [3.63, 3.8) is 0 Å². The number of fused-ring (bicyclic) bond motifs is 3. The minimum Gasteiger partial charge on any atom is -0.464 e. The average molecular weight is 304 g/mol. The zero-order chi connectivity index (χ0) is 15.1. The molecule has 2 aromatic heterocycles. The highest BCUT2D eigenvalue weighted by molar-refractivity contribution is 6.37. The van der Waals surface area contributed by atoms with Gasteiger partial charge in [-0.3, -0.25) is 0 Å². The number of hydrogen-bond acceptors (Lipinski definition) is 4. The van der Waals surface area contributed by atoms with E-state index >= 15 is 0 Å². The fraction of sp³-hybridized carbons (Fsp3) is 0.200. The van der Waals surface area contributed by atoms with Crippen molar-refractivity contribution in [1.82, 2.24) is 9.55 Å². The lowest BCUT2D eigenvalue weighted by Gasteiger charge is -2.08. The first-order valence-corrected chi connectivity index (χ1v) is 6.92. The topological polar surface area (TPSA) is 70.1 Å². The van der Waals surface area contributed by atoms with E-state index in [1.807, 2.05) is 35.8 Å². The van der Waals surface area contributed by atoms with Gasteiger partial charge in [-0.2, -0.15) is 0 Å². The number of esters is 1. The summed E-state index contributed by atoms with van der Waals surface area (Å²) in [4.78, 5) is 16.4. The van der Waals surface area contributed by atoms with Crippen molar-refractivity contribution in [2.75, 3.05) is 12.8 Å². The number of aryl methyl sites for hydroxylation is 1. The number of nitrogen functional groups attached to an aromatic ring is 1. The Kier molecular flexibility index (Phi) is 3.22. The fourth-order valence-electron chi connectivity index (χ4n) is 2.69. The lowest BCUT2D eigenvalue weighted by Crippen LogP contribution is -2.11. The van der Waals surface area contributed by atoms with Gasteiger partial charge in [0, 0.05) is 11.9 Å². The number of benzene rings is 1. The minimum absolute atomic E-state index is 0.290. The Morgan fingerprint density at radius 1 is 1.43 bits per heavy atom. The van der Waals surface area contributed by atoms with Crippen LogP contribution in [0.2, 0.25) is 5.15 Å². The van der Waals surface area contributed by atoms with Crippen LogP contribution in [0.4, 0.5) is 5.69 Å². The van der Waals surface area contributed by atoms with E-state index in [1.54, 1.807) is 0 Å². The maximum Gasteiger partial charge on any atom is 0.356 e. The second-order valence-corrected chi connectivity index (χ2v) is 5.00. The number of anilines is 1. The van der Waals surface area contributed by atoms with Gasteiger partial charge < -0.3 is 15.0 Å². The highest BCUT2D eigenvalue weighted by Crippen LogP contribution is 2.37. The number of pyridine rings is 1. The minimum atomic E-state index is -0.481. The molecule has 2 heterocycles. The van der Waals surface area contributed by atoms with E-state index in [2.05, 4.69) is 4.98 Å². The van der Waals surface area contributed by atoms with Gasteiger partial charge in [0.15, 0.2) is 5.69 Å². The predicted molar refractivity (Wildman–Crippen MR) is 83.7 cm³/mol. The number of ether oxygens (including phenoxy) is 1. The van der Waals surface area contributed by atoms with Gasteiger partial charge in [-0.05, 0) is 13.0 Å². The van der Waals surface area contributed by atoms with E-state index in [1.165, 1.54) is 7.11 Å². The van der Waals surface area contributed by atoms with Crippen LogP contribution in [0.3, 0.4) is 0 Å². The van der Waals surface area contributed by atoms with Gasteiger partial charge in [0.05, 0.1) is 29.2 Å². The van der Waals surface area contributed by atoms with Crippen LogP contribution in [-0.2, 0) is 11.3 Å².